The number of aliphatic imine (C=N–C) groups is 1. The number of hydrogen-bond acceptors (Lipinski definition) is 4. The van der Waals surface area contributed by atoms with Crippen molar-refractivity contribution in [3.8, 4) is 0 Å². The van der Waals surface area contributed by atoms with E-state index in [9.17, 15) is 4.39 Å². The van der Waals surface area contributed by atoms with Crippen molar-refractivity contribution in [3.05, 3.63) is 47.4 Å². The molecule has 0 saturated heterocycles. The van der Waals surface area contributed by atoms with Crippen LogP contribution in [0.5, 0.6) is 0 Å². The third-order valence-corrected chi connectivity index (χ3v) is 3.73. The molecule has 0 spiro atoms. The summed E-state index contributed by atoms with van der Waals surface area (Å²) < 4.78 is 18.8. The zero-order valence-electron chi connectivity index (χ0n) is 15.1. The van der Waals surface area contributed by atoms with Crippen molar-refractivity contribution in [1.29, 1.82) is 0 Å². The van der Waals surface area contributed by atoms with Crippen LogP contribution in [0, 0.1) is 5.82 Å². The maximum atomic E-state index is 13.6. The van der Waals surface area contributed by atoms with E-state index in [1.165, 1.54) is 6.07 Å². The molecule has 0 fully saturated rings. The summed E-state index contributed by atoms with van der Waals surface area (Å²) in [6.45, 7) is 5.42. The van der Waals surface area contributed by atoms with Gasteiger partial charge in [-0.05, 0) is 24.5 Å². The zero-order chi connectivity index (χ0) is 18.1. The molecule has 0 saturated carbocycles. The lowest BCUT2D eigenvalue weighted by atomic mass is 10.1. The van der Waals surface area contributed by atoms with E-state index in [4.69, 9.17) is 4.52 Å². The number of nitrogens with one attached hydrogen (secondary N) is 2. The number of guanidine groups is 1. The molecule has 1 aromatic heterocycles. The molecule has 1 aromatic carbocycles. The van der Waals surface area contributed by atoms with Gasteiger partial charge in [0.25, 0.3) is 0 Å². The molecule has 0 amide bonds. The molecule has 1 heterocycles. The Labute approximate surface area is 147 Å². The van der Waals surface area contributed by atoms with Crippen LogP contribution < -0.4 is 10.6 Å². The quantitative estimate of drug-likeness (QED) is 0.436. The smallest absolute Gasteiger partial charge is 0.226 e. The first kappa shape index (κ1) is 18.9. The first-order chi connectivity index (χ1) is 12.1. The van der Waals surface area contributed by atoms with E-state index in [1.54, 1.807) is 19.2 Å². The van der Waals surface area contributed by atoms with Gasteiger partial charge in [0, 0.05) is 32.5 Å². The number of aromatic nitrogens is 2. The van der Waals surface area contributed by atoms with E-state index in [0.717, 1.165) is 25.2 Å². The Bertz CT molecular complexity index is 684. The van der Waals surface area contributed by atoms with E-state index >= 15 is 0 Å². The van der Waals surface area contributed by atoms with Gasteiger partial charge in [0.2, 0.25) is 5.89 Å². The summed E-state index contributed by atoms with van der Waals surface area (Å²) in [7, 11) is 1.71. The summed E-state index contributed by atoms with van der Waals surface area (Å²) in [5.41, 5.74) is 0.697. The minimum Gasteiger partial charge on any atom is -0.356 e. The van der Waals surface area contributed by atoms with Crippen LogP contribution in [0.3, 0.4) is 0 Å². The number of nitrogens with zero attached hydrogens (tertiary/aromatic N) is 3. The van der Waals surface area contributed by atoms with Crippen LogP contribution in [0.25, 0.3) is 0 Å². The standard InChI is InChI=1S/C18H26FN5O/c1-13(2)17-23-16(25-24-17)9-6-11-21-18(20-3)22-12-10-14-7-4-5-8-15(14)19/h4-5,7-8,13H,6,9-12H2,1-3H3,(H2,20,21,22). The minimum atomic E-state index is -0.174. The summed E-state index contributed by atoms with van der Waals surface area (Å²) in [5.74, 6) is 2.20. The number of aryl methyl sites for hydroxylation is 1. The lowest BCUT2D eigenvalue weighted by Gasteiger charge is -2.11. The highest BCUT2D eigenvalue weighted by Gasteiger charge is 2.09. The minimum absolute atomic E-state index is 0.174. The molecule has 0 aliphatic carbocycles. The van der Waals surface area contributed by atoms with Crippen molar-refractivity contribution in [3.63, 3.8) is 0 Å². The van der Waals surface area contributed by atoms with E-state index in [-0.39, 0.29) is 11.7 Å². The van der Waals surface area contributed by atoms with Gasteiger partial charge in [-0.3, -0.25) is 4.99 Å². The molecular weight excluding hydrogens is 321 g/mol. The molecule has 0 atom stereocenters. The van der Waals surface area contributed by atoms with Crippen molar-refractivity contribution in [2.45, 2.75) is 39.0 Å². The van der Waals surface area contributed by atoms with Crippen molar-refractivity contribution in [2.24, 2.45) is 4.99 Å². The molecule has 2 rings (SSSR count). The number of hydrogen-bond donors (Lipinski definition) is 2. The fraction of sp³-hybridized carbons (Fsp3) is 0.500. The van der Waals surface area contributed by atoms with E-state index in [0.29, 0.717) is 30.4 Å². The fourth-order valence-corrected chi connectivity index (χ4v) is 2.29. The summed E-state index contributed by atoms with van der Waals surface area (Å²) in [5, 5.41) is 10.4. The third kappa shape index (κ3) is 6.17. The van der Waals surface area contributed by atoms with Gasteiger partial charge in [-0.25, -0.2) is 4.39 Å². The molecule has 0 aliphatic heterocycles. The van der Waals surface area contributed by atoms with Crippen molar-refractivity contribution in [1.82, 2.24) is 20.8 Å². The van der Waals surface area contributed by atoms with Crippen molar-refractivity contribution >= 4 is 5.96 Å². The number of rotatable bonds is 8. The molecule has 6 nitrogen and oxygen atoms in total. The van der Waals surface area contributed by atoms with Crippen molar-refractivity contribution in [2.75, 3.05) is 20.1 Å². The van der Waals surface area contributed by atoms with Gasteiger partial charge in [0.05, 0.1) is 0 Å². The fourth-order valence-electron chi connectivity index (χ4n) is 2.29. The Kier molecular flexibility index (Phi) is 7.37. The van der Waals surface area contributed by atoms with Gasteiger partial charge in [0.1, 0.15) is 5.82 Å². The van der Waals surface area contributed by atoms with Crippen LogP contribution in [-0.4, -0.2) is 36.2 Å². The molecule has 0 radical (unpaired) electrons. The van der Waals surface area contributed by atoms with Gasteiger partial charge >= 0.3 is 0 Å². The topological polar surface area (TPSA) is 75.3 Å². The molecule has 25 heavy (non-hydrogen) atoms. The Hall–Kier alpha value is -2.44. The normalized spacial score (nSPS) is 11.8. The predicted molar refractivity (Wildman–Crippen MR) is 96.2 cm³/mol. The molecular formula is C18H26FN5O. The molecule has 2 aromatic rings. The van der Waals surface area contributed by atoms with Crippen LogP contribution in [-0.2, 0) is 12.8 Å². The second kappa shape index (κ2) is 9.76. The maximum Gasteiger partial charge on any atom is 0.226 e. The maximum absolute atomic E-state index is 13.6. The average Bonchev–Trinajstić information content (AvgIpc) is 3.08. The van der Waals surface area contributed by atoms with E-state index in [1.807, 2.05) is 19.9 Å². The zero-order valence-corrected chi connectivity index (χ0v) is 15.1. The third-order valence-electron chi connectivity index (χ3n) is 3.73. The van der Waals surface area contributed by atoms with E-state index < -0.39 is 0 Å². The number of benzene rings is 1. The Morgan fingerprint density at radius 1 is 1.20 bits per heavy atom. The predicted octanol–water partition coefficient (Wildman–Crippen LogP) is 2.67. The first-order valence-corrected chi connectivity index (χ1v) is 8.60. The molecule has 0 unspecified atom stereocenters. The second-order valence-corrected chi connectivity index (χ2v) is 6.07. The van der Waals surface area contributed by atoms with Crippen LogP contribution in [0.15, 0.2) is 33.8 Å². The van der Waals surface area contributed by atoms with Crippen molar-refractivity contribution < 1.29 is 8.91 Å². The lowest BCUT2D eigenvalue weighted by Crippen LogP contribution is -2.38. The monoisotopic (exact) mass is 347 g/mol. The summed E-state index contributed by atoms with van der Waals surface area (Å²) >= 11 is 0. The number of halogens is 1. The highest BCUT2D eigenvalue weighted by atomic mass is 19.1. The second-order valence-electron chi connectivity index (χ2n) is 6.07. The highest BCUT2D eigenvalue weighted by Crippen LogP contribution is 2.10. The summed E-state index contributed by atoms with van der Waals surface area (Å²) in [6, 6.07) is 6.81. The molecule has 7 heteroatoms. The molecule has 2 N–H and O–H groups in total. The summed E-state index contributed by atoms with van der Waals surface area (Å²) in [4.78, 5) is 8.51. The molecule has 0 aliphatic rings. The molecule has 136 valence electrons. The van der Waals surface area contributed by atoms with Gasteiger partial charge in [-0.15, -0.1) is 0 Å². The molecule has 0 bridgehead atoms. The SMILES string of the molecule is CN=C(NCCCc1nc(C(C)C)no1)NCCc1ccccc1F. The lowest BCUT2D eigenvalue weighted by molar-refractivity contribution is 0.368. The Morgan fingerprint density at radius 3 is 2.64 bits per heavy atom. The van der Waals surface area contributed by atoms with Crippen LogP contribution in [0.2, 0.25) is 0 Å². The largest absolute Gasteiger partial charge is 0.356 e. The van der Waals surface area contributed by atoms with Crippen LogP contribution in [0.4, 0.5) is 4.39 Å². The van der Waals surface area contributed by atoms with Gasteiger partial charge < -0.3 is 15.2 Å². The Morgan fingerprint density at radius 2 is 1.96 bits per heavy atom. The van der Waals surface area contributed by atoms with Gasteiger partial charge in [-0.2, -0.15) is 4.98 Å². The van der Waals surface area contributed by atoms with Crippen LogP contribution in [0.1, 0.15) is 43.5 Å². The Balaban J connectivity index is 1.65. The summed E-state index contributed by atoms with van der Waals surface area (Å²) in [6.07, 6.45) is 2.18. The van der Waals surface area contributed by atoms with Crippen LogP contribution >= 0.6 is 0 Å². The van der Waals surface area contributed by atoms with Gasteiger partial charge in [-0.1, -0.05) is 37.2 Å². The van der Waals surface area contributed by atoms with Gasteiger partial charge in [0.15, 0.2) is 11.8 Å². The highest BCUT2D eigenvalue weighted by molar-refractivity contribution is 5.79. The first-order valence-electron chi connectivity index (χ1n) is 8.60. The van der Waals surface area contributed by atoms with E-state index in [2.05, 4.69) is 25.8 Å². The average molecular weight is 347 g/mol.